The van der Waals surface area contributed by atoms with Gasteiger partial charge in [0, 0.05) is 24.7 Å². The molecule has 1 saturated carbocycles. The highest BCUT2D eigenvalue weighted by Gasteiger charge is 2.37. The Morgan fingerprint density at radius 2 is 2.00 bits per heavy atom. The molecule has 70 valence electrons. The van der Waals surface area contributed by atoms with E-state index in [0.29, 0.717) is 6.04 Å². The quantitative estimate of drug-likeness (QED) is 0.674. The van der Waals surface area contributed by atoms with Gasteiger partial charge in [0.1, 0.15) is 0 Å². The van der Waals surface area contributed by atoms with E-state index in [4.69, 9.17) is 5.73 Å². The Kier molecular flexibility index (Phi) is 2.37. The predicted octanol–water partition coefficient (Wildman–Crippen LogP) is 1.35. The highest BCUT2D eigenvalue weighted by atomic mass is 15.2. The monoisotopic (exact) mass is 168 g/mol. The van der Waals surface area contributed by atoms with E-state index in [1.165, 1.54) is 32.1 Å². The van der Waals surface area contributed by atoms with E-state index >= 15 is 0 Å². The molecule has 2 nitrogen and oxygen atoms in total. The zero-order chi connectivity index (χ0) is 8.55. The summed E-state index contributed by atoms with van der Waals surface area (Å²) in [6.45, 7) is 3.22. The van der Waals surface area contributed by atoms with Crippen LogP contribution in [-0.2, 0) is 0 Å². The minimum absolute atomic E-state index is 0.696. The highest BCUT2D eigenvalue weighted by Crippen LogP contribution is 2.35. The van der Waals surface area contributed by atoms with Crippen LogP contribution in [0.2, 0.25) is 0 Å². The lowest BCUT2D eigenvalue weighted by molar-refractivity contribution is 0.0886. The number of piperidine rings is 1. The molecule has 0 spiro atoms. The minimum atomic E-state index is 0.696. The highest BCUT2D eigenvalue weighted by molar-refractivity contribution is 4.94. The van der Waals surface area contributed by atoms with Crippen LogP contribution < -0.4 is 5.73 Å². The van der Waals surface area contributed by atoms with Crippen molar-refractivity contribution >= 4 is 0 Å². The van der Waals surface area contributed by atoms with Crippen molar-refractivity contribution in [1.82, 2.24) is 4.90 Å². The normalized spacial score (nSPS) is 38.5. The Bertz CT molecular complexity index is 154. The summed E-state index contributed by atoms with van der Waals surface area (Å²) in [5.41, 5.74) is 5.78. The molecule has 0 aromatic rings. The van der Waals surface area contributed by atoms with Crippen LogP contribution in [0.15, 0.2) is 0 Å². The molecule has 0 amide bonds. The first kappa shape index (κ1) is 8.52. The van der Waals surface area contributed by atoms with Crippen LogP contribution in [0.5, 0.6) is 0 Å². The maximum absolute atomic E-state index is 5.78. The van der Waals surface area contributed by atoms with Crippen molar-refractivity contribution in [3.8, 4) is 0 Å². The molecule has 1 aliphatic carbocycles. The molecule has 0 aromatic heterocycles. The zero-order valence-corrected chi connectivity index (χ0v) is 8.00. The van der Waals surface area contributed by atoms with E-state index in [-0.39, 0.29) is 0 Å². The Hall–Kier alpha value is -0.0800. The molecule has 2 unspecified atom stereocenters. The van der Waals surface area contributed by atoms with Crippen molar-refractivity contribution in [3.05, 3.63) is 0 Å². The molecule has 1 aliphatic heterocycles. The maximum atomic E-state index is 5.78. The van der Waals surface area contributed by atoms with Crippen molar-refractivity contribution < 1.29 is 0 Å². The number of likely N-dealkylation sites (tertiary alicyclic amines) is 1. The van der Waals surface area contributed by atoms with E-state index < -0.39 is 0 Å². The summed E-state index contributed by atoms with van der Waals surface area (Å²) in [7, 11) is 0. The van der Waals surface area contributed by atoms with Gasteiger partial charge in [-0.25, -0.2) is 0 Å². The van der Waals surface area contributed by atoms with E-state index in [2.05, 4.69) is 11.8 Å². The van der Waals surface area contributed by atoms with Gasteiger partial charge < -0.3 is 5.73 Å². The Balaban J connectivity index is 2.00. The summed E-state index contributed by atoms with van der Waals surface area (Å²) in [6.07, 6.45) is 6.93. The molecule has 1 heterocycles. The Morgan fingerprint density at radius 1 is 1.25 bits per heavy atom. The molecule has 2 fully saturated rings. The lowest BCUT2D eigenvalue weighted by atomic mass is 9.96. The van der Waals surface area contributed by atoms with Crippen LogP contribution in [0.25, 0.3) is 0 Å². The first-order valence-electron chi connectivity index (χ1n) is 5.30. The summed E-state index contributed by atoms with van der Waals surface area (Å²) in [6, 6.07) is 2.38. The van der Waals surface area contributed by atoms with Gasteiger partial charge in [-0.15, -0.1) is 0 Å². The van der Waals surface area contributed by atoms with E-state index in [1.807, 2.05) is 0 Å². The molecular weight excluding hydrogens is 148 g/mol. The molecule has 2 heteroatoms. The lowest BCUT2D eigenvalue weighted by Gasteiger charge is -2.40. The van der Waals surface area contributed by atoms with Crippen LogP contribution in [-0.4, -0.2) is 29.6 Å². The number of hydrogen-bond donors (Lipinski definition) is 1. The topological polar surface area (TPSA) is 29.3 Å². The summed E-state index contributed by atoms with van der Waals surface area (Å²) >= 11 is 0. The Morgan fingerprint density at radius 3 is 2.58 bits per heavy atom. The lowest BCUT2D eigenvalue weighted by Crippen LogP contribution is -2.49. The molecule has 1 saturated heterocycles. The average molecular weight is 168 g/mol. The fraction of sp³-hybridized carbons (Fsp3) is 1.00. The molecule has 0 bridgehead atoms. The summed E-state index contributed by atoms with van der Waals surface area (Å²) in [5, 5.41) is 0. The van der Waals surface area contributed by atoms with E-state index in [9.17, 15) is 0 Å². The van der Waals surface area contributed by atoms with Crippen LogP contribution in [0.4, 0.5) is 0 Å². The smallest absolute Gasteiger partial charge is 0.0224 e. The molecule has 2 rings (SSSR count). The van der Waals surface area contributed by atoms with Crippen LogP contribution in [0.1, 0.15) is 39.0 Å². The number of nitrogens with zero attached hydrogens (tertiary/aromatic N) is 1. The second kappa shape index (κ2) is 3.35. The number of nitrogens with two attached hydrogens (primary N) is 1. The van der Waals surface area contributed by atoms with E-state index in [1.54, 1.807) is 0 Å². The molecule has 2 N–H and O–H groups in total. The molecule has 12 heavy (non-hydrogen) atoms. The van der Waals surface area contributed by atoms with E-state index in [0.717, 1.165) is 18.6 Å². The largest absolute Gasteiger partial charge is 0.329 e. The van der Waals surface area contributed by atoms with Crippen LogP contribution in [0.3, 0.4) is 0 Å². The van der Waals surface area contributed by atoms with Gasteiger partial charge in [0.2, 0.25) is 0 Å². The Labute approximate surface area is 75.1 Å². The first-order valence-corrected chi connectivity index (χ1v) is 5.30. The molecule has 2 atom stereocenters. The van der Waals surface area contributed by atoms with Gasteiger partial charge in [-0.1, -0.05) is 6.42 Å². The minimum Gasteiger partial charge on any atom is -0.329 e. The maximum Gasteiger partial charge on any atom is 0.0224 e. The van der Waals surface area contributed by atoms with Gasteiger partial charge in [-0.2, -0.15) is 0 Å². The standard InChI is InChI=1S/C10H20N2/c1-8-3-2-4-10(7-11)12(8)9-5-6-9/h8-10H,2-7,11H2,1H3. The molecule has 0 radical (unpaired) electrons. The summed E-state index contributed by atoms with van der Waals surface area (Å²) in [5.74, 6) is 0. The second-order valence-electron chi connectivity index (χ2n) is 4.35. The van der Waals surface area contributed by atoms with Gasteiger partial charge in [-0.3, -0.25) is 4.90 Å². The van der Waals surface area contributed by atoms with Crippen molar-refractivity contribution in [2.75, 3.05) is 6.54 Å². The van der Waals surface area contributed by atoms with Crippen molar-refractivity contribution in [2.24, 2.45) is 5.73 Å². The van der Waals surface area contributed by atoms with Gasteiger partial charge >= 0.3 is 0 Å². The number of hydrogen-bond acceptors (Lipinski definition) is 2. The number of rotatable bonds is 2. The van der Waals surface area contributed by atoms with Crippen molar-refractivity contribution in [3.63, 3.8) is 0 Å². The molecular formula is C10H20N2. The summed E-state index contributed by atoms with van der Waals surface area (Å²) < 4.78 is 0. The second-order valence-corrected chi connectivity index (χ2v) is 4.35. The fourth-order valence-electron chi connectivity index (χ4n) is 2.58. The van der Waals surface area contributed by atoms with Crippen LogP contribution >= 0.6 is 0 Å². The van der Waals surface area contributed by atoms with Gasteiger partial charge in [0.25, 0.3) is 0 Å². The van der Waals surface area contributed by atoms with Crippen molar-refractivity contribution in [1.29, 1.82) is 0 Å². The third kappa shape index (κ3) is 1.50. The average Bonchev–Trinajstić information content (AvgIpc) is 2.87. The molecule has 0 aromatic carbocycles. The fourth-order valence-corrected chi connectivity index (χ4v) is 2.58. The van der Waals surface area contributed by atoms with Gasteiger partial charge in [-0.05, 0) is 32.6 Å². The first-order chi connectivity index (χ1) is 5.83. The van der Waals surface area contributed by atoms with Crippen LogP contribution in [0, 0.1) is 0 Å². The van der Waals surface area contributed by atoms with Crippen molar-refractivity contribution in [2.45, 2.75) is 57.2 Å². The van der Waals surface area contributed by atoms with Gasteiger partial charge in [0.05, 0.1) is 0 Å². The third-order valence-corrected chi connectivity index (χ3v) is 3.33. The SMILES string of the molecule is CC1CCCC(CN)N1C1CC1. The molecule has 2 aliphatic rings. The zero-order valence-electron chi connectivity index (χ0n) is 8.00. The third-order valence-electron chi connectivity index (χ3n) is 3.33. The van der Waals surface area contributed by atoms with Gasteiger partial charge in [0.15, 0.2) is 0 Å². The predicted molar refractivity (Wildman–Crippen MR) is 51.0 cm³/mol. The summed E-state index contributed by atoms with van der Waals surface area (Å²) in [4.78, 5) is 2.68.